The smallest absolute Gasteiger partial charge is 0.390 e. The molecule has 11 heteroatoms. The van der Waals surface area contributed by atoms with Gasteiger partial charge in [0.25, 0.3) is 5.91 Å². The lowest BCUT2D eigenvalue weighted by molar-refractivity contribution is -0.144. The quantitative estimate of drug-likeness (QED) is 0.546. The Balaban J connectivity index is 1.24. The fraction of sp³-hybridized carbons (Fsp3) is 0.400. The van der Waals surface area contributed by atoms with E-state index in [1.807, 2.05) is 0 Å². The Morgan fingerprint density at radius 2 is 1.72 bits per heavy atom. The number of halogens is 4. The van der Waals surface area contributed by atoms with Gasteiger partial charge < -0.3 is 20.2 Å². The molecule has 1 amide bonds. The van der Waals surface area contributed by atoms with Crippen molar-refractivity contribution in [2.45, 2.75) is 37.2 Å². The van der Waals surface area contributed by atoms with Gasteiger partial charge in [0, 0.05) is 48.2 Å². The van der Waals surface area contributed by atoms with Crippen LogP contribution in [0.15, 0.2) is 48.5 Å². The third-order valence-electron chi connectivity index (χ3n) is 6.75. The maximum atomic E-state index is 13.4. The summed E-state index contributed by atoms with van der Waals surface area (Å²) < 4.78 is 40.3. The number of hydrogen-bond acceptors (Lipinski definition) is 6. The van der Waals surface area contributed by atoms with E-state index in [1.165, 1.54) is 6.07 Å². The molecule has 3 heterocycles. The minimum absolute atomic E-state index is 0.0479. The lowest BCUT2D eigenvalue weighted by Gasteiger charge is -2.34. The van der Waals surface area contributed by atoms with Crippen molar-refractivity contribution in [2.24, 2.45) is 0 Å². The van der Waals surface area contributed by atoms with Gasteiger partial charge in [-0.25, -0.2) is 9.97 Å². The Labute approximate surface area is 210 Å². The van der Waals surface area contributed by atoms with Gasteiger partial charge in [0.15, 0.2) is 0 Å². The highest BCUT2D eigenvalue weighted by Crippen LogP contribution is 2.33. The second kappa shape index (κ2) is 9.84. The average Bonchev–Trinajstić information content (AvgIpc) is 3.23. The maximum absolute atomic E-state index is 13.4. The van der Waals surface area contributed by atoms with Crippen LogP contribution in [-0.2, 0) is 6.18 Å². The number of aliphatic hydroxyl groups excluding tert-OH is 1. The lowest BCUT2D eigenvalue weighted by atomic mass is 10.0. The van der Waals surface area contributed by atoms with Crippen LogP contribution in [0.3, 0.4) is 0 Å². The molecule has 2 saturated heterocycles. The number of rotatable bonds is 4. The summed E-state index contributed by atoms with van der Waals surface area (Å²) in [6, 6.07) is 13.1. The number of nitrogens with zero attached hydrogens (tertiary/aromatic N) is 4. The van der Waals surface area contributed by atoms with Crippen LogP contribution in [-0.4, -0.2) is 70.2 Å². The third-order valence-corrected chi connectivity index (χ3v) is 7.00. The molecule has 36 heavy (non-hydrogen) atoms. The molecule has 1 aromatic heterocycles. The first-order chi connectivity index (χ1) is 17.2. The van der Waals surface area contributed by atoms with Crippen molar-refractivity contribution in [3.63, 3.8) is 0 Å². The predicted molar refractivity (Wildman–Crippen MR) is 130 cm³/mol. The largest absolute Gasteiger partial charge is 0.451 e. The molecule has 2 aliphatic heterocycles. The van der Waals surface area contributed by atoms with Crippen molar-refractivity contribution < 1.29 is 23.1 Å². The van der Waals surface area contributed by atoms with Crippen LogP contribution in [0.2, 0.25) is 5.02 Å². The fourth-order valence-corrected chi connectivity index (χ4v) is 5.00. The maximum Gasteiger partial charge on any atom is 0.451 e. The minimum Gasteiger partial charge on any atom is -0.390 e. The number of hydrogen-bond donors (Lipinski definition) is 2. The highest BCUT2D eigenvalue weighted by Gasteiger charge is 2.39. The van der Waals surface area contributed by atoms with E-state index in [0.717, 1.165) is 0 Å². The predicted octanol–water partition coefficient (Wildman–Crippen LogP) is 3.75. The number of fused-ring (bicyclic) bond motifs is 1. The van der Waals surface area contributed by atoms with E-state index >= 15 is 0 Å². The van der Waals surface area contributed by atoms with E-state index in [2.05, 4.69) is 15.3 Å². The average molecular weight is 520 g/mol. The number of carbonyl (C=O) groups excluding carboxylic acids is 1. The Hall–Kier alpha value is -2.95. The number of aromatic nitrogens is 2. The number of nitrogens with one attached hydrogen (secondary N) is 1. The standard InChI is InChI=1S/C25H25ClF3N5O2/c26-16-7-5-15(6-8-16)23(36)33-11-9-17(10-12-33)30-20-13-34(14-21(20)35)22-18-3-1-2-4-19(18)31-24(32-22)25(27,28)29/h1-8,17,20-21,30,35H,9-14H2/t20?,21-/m1/s1. The van der Waals surface area contributed by atoms with Crippen molar-refractivity contribution in [3.05, 3.63) is 64.9 Å². The molecule has 2 aromatic carbocycles. The van der Waals surface area contributed by atoms with Gasteiger partial charge in [-0.3, -0.25) is 4.79 Å². The van der Waals surface area contributed by atoms with Gasteiger partial charge in [-0.1, -0.05) is 23.7 Å². The molecule has 1 unspecified atom stereocenters. The van der Waals surface area contributed by atoms with Crippen LogP contribution in [0.4, 0.5) is 19.0 Å². The topological polar surface area (TPSA) is 81.6 Å². The molecule has 0 saturated carbocycles. The molecular weight excluding hydrogens is 495 g/mol. The van der Waals surface area contributed by atoms with E-state index in [-0.39, 0.29) is 35.9 Å². The van der Waals surface area contributed by atoms with Crippen LogP contribution in [0.5, 0.6) is 0 Å². The van der Waals surface area contributed by atoms with Crippen molar-refractivity contribution in [1.29, 1.82) is 0 Å². The molecule has 3 aromatic rings. The van der Waals surface area contributed by atoms with Crippen LogP contribution in [0.25, 0.3) is 10.9 Å². The molecule has 2 atom stereocenters. The number of piperidine rings is 1. The van der Waals surface area contributed by atoms with Gasteiger partial charge in [-0.05, 0) is 49.2 Å². The molecule has 0 radical (unpaired) electrons. The Morgan fingerprint density at radius 3 is 2.42 bits per heavy atom. The summed E-state index contributed by atoms with van der Waals surface area (Å²) in [5.74, 6) is -1.08. The Morgan fingerprint density at radius 1 is 1.03 bits per heavy atom. The summed E-state index contributed by atoms with van der Waals surface area (Å²) >= 11 is 5.91. The first-order valence-corrected chi connectivity index (χ1v) is 12.1. The first-order valence-electron chi connectivity index (χ1n) is 11.8. The number of carbonyl (C=O) groups is 1. The van der Waals surface area contributed by atoms with E-state index in [1.54, 1.807) is 52.3 Å². The first kappa shape index (κ1) is 24.7. The number of anilines is 1. The SMILES string of the molecule is O=C(c1ccc(Cl)cc1)N1CCC(NC2CN(c3nc(C(F)(F)F)nc4ccccc34)C[C@H]2O)CC1. The molecule has 5 rings (SSSR count). The van der Waals surface area contributed by atoms with Gasteiger partial charge in [0.1, 0.15) is 5.82 Å². The third kappa shape index (κ3) is 5.11. The number of alkyl halides is 3. The van der Waals surface area contributed by atoms with Crippen LogP contribution >= 0.6 is 11.6 Å². The van der Waals surface area contributed by atoms with Crippen molar-refractivity contribution in [3.8, 4) is 0 Å². The molecule has 2 N–H and O–H groups in total. The monoisotopic (exact) mass is 519 g/mol. The van der Waals surface area contributed by atoms with E-state index in [9.17, 15) is 23.1 Å². The van der Waals surface area contributed by atoms with Crippen LogP contribution < -0.4 is 10.2 Å². The fourth-order valence-electron chi connectivity index (χ4n) is 4.88. The zero-order chi connectivity index (χ0) is 25.4. The van der Waals surface area contributed by atoms with E-state index in [4.69, 9.17) is 11.6 Å². The lowest BCUT2D eigenvalue weighted by Crippen LogP contribution is -2.50. The second-order valence-corrected chi connectivity index (χ2v) is 9.64. The zero-order valence-corrected chi connectivity index (χ0v) is 20.0. The second-order valence-electron chi connectivity index (χ2n) is 9.20. The molecule has 7 nitrogen and oxygen atoms in total. The molecule has 2 fully saturated rings. The molecule has 0 bridgehead atoms. The normalized spacial score (nSPS) is 21.4. The van der Waals surface area contributed by atoms with Gasteiger partial charge in [-0.2, -0.15) is 13.2 Å². The number of benzene rings is 2. The Kier molecular flexibility index (Phi) is 6.76. The number of likely N-dealkylation sites (tertiary alicyclic amines) is 1. The number of aliphatic hydroxyl groups is 1. The van der Waals surface area contributed by atoms with Gasteiger partial charge >= 0.3 is 6.18 Å². The van der Waals surface area contributed by atoms with Crippen LogP contribution in [0, 0.1) is 0 Å². The number of amides is 1. The zero-order valence-electron chi connectivity index (χ0n) is 19.2. The van der Waals surface area contributed by atoms with Gasteiger partial charge in [0.05, 0.1) is 17.7 Å². The van der Waals surface area contributed by atoms with Crippen LogP contribution in [0.1, 0.15) is 29.0 Å². The number of para-hydroxylation sites is 1. The van der Waals surface area contributed by atoms with Crippen molar-refractivity contribution in [1.82, 2.24) is 20.2 Å². The van der Waals surface area contributed by atoms with Gasteiger partial charge in [-0.15, -0.1) is 0 Å². The number of β-amino-alcohol motifs (C(OH)–C–C–N with tert-alkyl or cyclic N) is 1. The van der Waals surface area contributed by atoms with Crippen molar-refractivity contribution >= 4 is 34.2 Å². The molecule has 0 aliphatic carbocycles. The molecule has 0 spiro atoms. The minimum atomic E-state index is -4.67. The van der Waals surface area contributed by atoms with Crippen molar-refractivity contribution in [2.75, 3.05) is 31.1 Å². The summed E-state index contributed by atoms with van der Waals surface area (Å²) in [7, 11) is 0. The Bertz CT molecular complexity index is 1250. The summed E-state index contributed by atoms with van der Waals surface area (Å²) in [4.78, 5) is 23.7. The summed E-state index contributed by atoms with van der Waals surface area (Å²) in [6.07, 6.45) is -4.04. The van der Waals surface area contributed by atoms with Gasteiger partial charge in [0.2, 0.25) is 5.82 Å². The molecule has 2 aliphatic rings. The molecular formula is C25H25ClF3N5O2. The van der Waals surface area contributed by atoms with E-state index in [0.29, 0.717) is 48.4 Å². The summed E-state index contributed by atoms with van der Waals surface area (Å²) in [5, 5.41) is 15.3. The molecule has 190 valence electrons. The summed E-state index contributed by atoms with van der Waals surface area (Å²) in [6.45, 7) is 1.60. The summed E-state index contributed by atoms with van der Waals surface area (Å²) in [5.41, 5.74) is 0.793. The van der Waals surface area contributed by atoms with E-state index < -0.39 is 18.1 Å². The highest BCUT2D eigenvalue weighted by molar-refractivity contribution is 6.30. The highest BCUT2D eigenvalue weighted by atomic mass is 35.5.